The maximum absolute atomic E-state index is 12.4. The second kappa shape index (κ2) is 6.80. The number of aliphatic hydroxyl groups is 1. The summed E-state index contributed by atoms with van der Waals surface area (Å²) < 4.78 is 2.65. The predicted octanol–water partition coefficient (Wildman–Crippen LogP) is 2.65. The number of aromatic nitrogens is 3. The molecule has 0 saturated heterocycles. The summed E-state index contributed by atoms with van der Waals surface area (Å²) in [5.74, 6) is 0.790. The second-order valence-corrected chi connectivity index (χ2v) is 7.32. The lowest BCUT2D eigenvalue weighted by molar-refractivity contribution is 0.0869. The summed E-state index contributed by atoms with van der Waals surface area (Å²) in [7, 11) is 0. The van der Waals surface area contributed by atoms with E-state index in [2.05, 4.69) is 31.4 Å². The molecule has 2 rings (SSSR count). The molecule has 0 aliphatic heterocycles. The number of nitrogens with zero attached hydrogens (tertiary/aromatic N) is 3. The monoisotopic (exact) mass is 380 g/mol. The highest BCUT2D eigenvalue weighted by Gasteiger charge is 2.21. The molecule has 1 amide bonds. The number of amides is 1. The van der Waals surface area contributed by atoms with Gasteiger partial charge in [-0.1, -0.05) is 29.8 Å². The van der Waals surface area contributed by atoms with Gasteiger partial charge < -0.3 is 10.4 Å². The summed E-state index contributed by atoms with van der Waals surface area (Å²) >= 11 is 3.44. The summed E-state index contributed by atoms with van der Waals surface area (Å²) in [5.41, 5.74) is 0.624. The van der Waals surface area contributed by atoms with Crippen LogP contribution in [0.3, 0.4) is 0 Å². The average Bonchev–Trinajstić information content (AvgIpc) is 2.96. The van der Waals surface area contributed by atoms with Crippen molar-refractivity contribution in [3.63, 3.8) is 0 Å². The Hall–Kier alpha value is -1.73. The van der Waals surface area contributed by atoms with Crippen molar-refractivity contribution in [2.75, 3.05) is 6.61 Å². The van der Waals surface area contributed by atoms with Crippen LogP contribution in [0.5, 0.6) is 0 Å². The Labute approximate surface area is 144 Å². The Morgan fingerprint density at radius 1 is 1.39 bits per heavy atom. The number of halogens is 1. The minimum absolute atomic E-state index is 0.136. The number of nitrogens with one attached hydrogen (secondary N) is 1. The van der Waals surface area contributed by atoms with E-state index in [1.54, 1.807) is 32.3 Å². The third-order valence-corrected chi connectivity index (χ3v) is 3.82. The van der Waals surface area contributed by atoms with E-state index in [4.69, 9.17) is 0 Å². The zero-order chi connectivity index (χ0) is 17.2. The maximum Gasteiger partial charge on any atom is 0.251 e. The van der Waals surface area contributed by atoms with Gasteiger partial charge in [0.05, 0.1) is 17.8 Å². The van der Waals surface area contributed by atoms with Gasteiger partial charge in [0.2, 0.25) is 0 Å². The summed E-state index contributed by atoms with van der Waals surface area (Å²) in [6, 6.07) is 5.43. The topological polar surface area (TPSA) is 80.0 Å². The number of hydrogen-bond acceptors (Lipinski definition) is 4. The SMILES string of the molecule is CC(C)c1nncn1-c1cc(Br)cc(C(=O)NC(C)(C)CO)c1. The lowest BCUT2D eigenvalue weighted by Crippen LogP contribution is -2.46. The zero-order valence-corrected chi connectivity index (χ0v) is 15.3. The van der Waals surface area contributed by atoms with E-state index in [1.165, 1.54) is 0 Å². The quantitative estimate of drug-likeness (QED) is 0.835. The summed E-state index contributed by atoms with van der Waals surface area (Å²) in [5, 5.41) is 20.2. The van der Waals surface area contributed by atoms with Gasteiger partial charge in [-0.3, -0.25) is 9.36 Å². The molecule has 0 spiro atoms. The van der Waals surface area contributed by atoms with Gasteiger partial charge in [-0.2, -0.15) is 0 Å². The number of rotatable bonds is 5. The molecular weight excluding hydrogens is 360 g/mol. The highest BCUT2D eigenvalue weighted by Crippen LogP contribution is 2.22. The van der Waals surface area contributed by atoms with Crippen LogP contribution in [0.25, 0.3) is 5.69 Å². The summed E-state index contributed by atoms with van der Waals surface area (Å²) in [6.45, 7) is 7.47. The maximum atomic E-state index is 12.4. The summed E-state index contributed by atoms with van der Waals surface area (Å²) in [6.07, 6.45) is 1.64. The molecule has 6 nitrogen and oxygen atoms in total. The molecule has 7 heteroatoms. The number of carbonyl (C=O) groups is 1. The van der Waals surface area contributed by atoms with Crippen LogP contribution in [0.15, 0.2) is 29.0 Å². The standard InChI is InChI=1S/C16H21BrN4O2/c1-10(2)14-20-18-9-21(14)13-6-11(5-12(17)7-13)15(23)19-16(3,4)8-22/h5-7,9-10,22H,8H2,1-4H3,(H,19,23). The first-order valence-electron chi connectivity index (χ1n) is 7.38. The highest BCUT2D eigenvalue weighted by molar-refractivity contribution is 9.10. The first-order valence-corrected chi connectivity index (χ1v) is 8.17. The third-order valence-electron chi connectivity index (χ3n) is 3.36. The lowest BCUT2D eigenvalue weighted by Gasteiger charge is -2.23. The predicted molar refractivity (Wildman–Crippen MR) is 91.8 cm³/mol. The van der Waals surface area contributed by atoms with E-state index in [0.29, 0.717) is 5.56 Å². The van der Waals surface area contributed by atoms with E-state index in [0.717, 1.165) is 16.0 Å². The largest absolute Gasteiger partial charge is 0.394 e. The molecular formula is C16H21BrN4O2. The molecule has 0 saturated carbocycles. The molecule has 1 heterocycles. The van der Waals surface area contributed by atoms with Crippen molar-refractivity contribution in [2.24, 2.45) is 0 Å². The Bertz CT molecular complexity index is 710. The van der Waals surface area contributed by atoms with Crippen molar-refractivity contribution >= 4 is 21.8 Å². The molecule has 0 fully saturated rings. The van der Waals surface area contributed by atoms with Gasteiger partial charge in [0.15, 0.2) is 0 Å². The first kappa shape index (κ1) is 17.6. The van der Waals surface area contributed by atoms with Gasteiger partial charge in [-0.25, -0.2) is 0 Å². The van der Waals surface area contributed by atoms with Gasteiger partial charge in [-0.15, -0.1) is 10.2 Å². The summed E-state index contributed by atoms with van der Waals surface area (Å²) in [4.78, 5) is 12.4. The Morgan fingerprint density at radius 2 is 2.09 bits per heavy atom. The minimum atomic E-state index is -0.681. The Morgan fingerprint density at radius 3 is 2.70 bits per heavy atom. The fourth-order valence-electron chi connectivity index (χ4n) is 2.10. The Balaban J connectivity index is 2.40. The fraction of sp³-hybridized carbons (Fsp3) is 0.438. The van der Waals surface area contributed by atoms with Crippen LogP contribution < -0.4 is 5.32 Å². The van der Waals surface area contributed by atoms with Crippen LogP contribution in [-0.4, -0.2) is 37.9 Å². The molecule has 0 unspecified atom stereocenters. The van der Waals surface area contributed by atoms with Gasteiger partial charge in [0, 0.05) is 16.0 Å². The van der Waals surface area contributed by atoms with Crippen molar-refractivity contribution in [3.8, 4) is 5.69 Å². The average molecular weight is 381 g/mol. The van der Waals surface area contributed by atoms with E-state index in [-0.39, 0.29) is 18.4 Å². The van der Waals surface area contributed by atoms with Crippen molar-refractivity contribution < 1.29 is 9.90 Å². The van der Waals surface area contributed by atoms with E-state index in [9.17, 15) is 9.90 Å². The van der Waals surface area contributed by atoms with E-state index < -0.39 is 5.54 Å². The van der Waals surface area contributed by atoms with Crippen LogP contribution in [0.2, 0.25) is 0 Å². The van der Waals surface area contributed by atoms with Crippen molar-refractivity contribution in [3.05, 3.63) is 40.4 Å². The Kier molecular flexibility index (Phi) is 5.21. The number of aliphatic hydroxyl groups excluding tert-OH is 1. The molecule has 0 bridgehead atoms. The molecule has 0 aliphatic rings. The molecule has 0 aliphatic carbocycles. The normalized spacial score (nSPS) is 11.8. The third kappa shape index (κ3) is 4.17. The molecule has 2 aromatic rings. The van der Waals surface area contributed by atoms with Gasteiger partial charge in [-0.05, 0) is 32.0 Å². The van der Waals surface area contributed by atoms with Crippen molar-refractivity contribution in [2.45, 2.75) is 39.2 Å². The zero-order valence-electron chi connectivity index (χ0n) is 13.7. The highest BCUT2D eigenvalue weighted by atomic mass is 79.9. The van der Waals surface area contributed by atoms with Crippen LogP contribution in [0.4, 0.5) is 0 Å². The first-order chi connectivity index (χ1) is 10.7. The van der Waals surface area contributed by atoms with Crippen LogP contribution in [0.1, 0.15) is 49.8 Å². The van der Waals surface area contributed by atoms with E-state index in [1.807, 2.05) is 24.5 Å². The van der Waals surface area contributed by atoms with Gasteiger partial charge in [0.1, 0.15) is 12.2 Å². The number of carbonyl (C=O) groups excluding carboxylic acids is 1. The van der Waals surface area contributed by atoms with Crippen molar-refractivity contribution in [1.82, 2.24) is 20.1 Å². The van der Waals surface area contributed by atoms with Gasteiger partial charge >= 0.3 is 0 Å². The van der Waals surface area contributed by atoms with Gasteiger partial charge in [0.25, 0.3) is 5.91 Å². The molecule has 0 radical (unpaired) electrons. The lowest BCUT2D eigenvalue weighted by atomic mass is 10.1. The molecule has 2 N–H and O–H groups in total. The van der Waals surface area contributed by atoms with Crippen LogP contribution in [0, 0.1) is 0 Å². The van der Waals surface area contributed by atoms with Crippen LogP contribution >= 0.6 is 15.9 Å². The number of hydrogen-bond donors (Lipinski definition) is 2. The smallest absolute Gasteiger partial charge is 0.251 e. The fourth-order valence-corrected chi connectivity index (χ4v) is 2.58. The van der Waals surface area contributed by atoms with Crippen LogP contribution in [-0.2, 0) is 0 Å². The van der Waals surface area contributed by atoms with E-state index >= 15 is 0 Å². The second-order valence-electron chi connectivity index (χ2n) is 6.41. The molecule has 1 aromatic carbocycles. The molecule has 23 heavy (non-hydrogen) atoms. The molecule has 0 atom stereocenters. The minimum Gasteiger partial charge on any atom is -0.394 e. The molecule has 1 aromatic heterocycles. The number of benzene rings is 1. The molecule has 124 valence electrons. The van der Waals surface area contributed by atoms with Crippen molar-refractivity contribution in [1.29, 1.82) is 0 Å².